The summed E-state index contributed by atoms with van der Waals surface area (Å²) in [6, 6.07) is 13.3. The molecule has 1 atom stereocenters. The first-order chi connectivity index (χ1) is 10.2. The van der Waals surface area contributed by atoms with Crippen LogP contribution >= 0.6 is 11.8 Å². The van der Waals surface area contributed by atoms with E-state index in [2.05, 4.69) is 24.4 Å². The van der Waals surface area contributed by atoms with Crippen molar-refractivity contribution < 1.29 is 9.13 Å². The average Bonchev–Trinajstić information content (AvgIpc) is 2.53. The van der Waals surface area contributed by atoms with E-state index in [0.717, 1.165) is 11.3 Å². The number of rotatable bonds is 6. The Labute approximate surface area is 129 Å². The van der Waals surface area contributed by atoms with Crippen LogP contribution in [0.15, 0.2) is 47.4 Å². The summed E-state index contributed by atoms with van der Waals surface area (Å²) in [6.45, 7) is 2.11. The van der Waals surface area contributed by atoms with E-state index in [-0.39, 0.29) is 11.9 Å². The van der Waals surface area contributed by atoms with Crippen LogP contribution in [0.25, 0.3) is 0 Å². The zero-order valence-electron chi connectivity index (χ0n) is 12.5. The van der Waals surface area contributed by atoms with Gasteiger partial charge in [-0.1, -0.05) is 18.2 Å². The molecule has 2 aromatic rings. The number of benzene rings is 2. The summed E-state index contributed by atoms with van der Waals surface area (Å²) in [5.41, 5.74) is 2.27. The highest BCUT2D eigenvalue weighted by Gasteiger charge is 2.10. The van der Waals surface area contributed by atoms with Gasteiger partial charge < -0.3 is 10.1 Å². The van der Waals surface area contributed by atoms with Gasteiger partial charge in [0.05, 0.1) is 7.11 Å². The predicted octanol–water partition coefficient (Wildman–Crippen LogP) is 4.41. The zero-order chi connectivity index (χ0) is 15.2. The molecule has 4 heteroatoms. The maximum absolute atomic E-state index is 13.7. The van der Waals surface area contributed by atoms with Gasteiger partial charge in [-0.25, -0.2) is 4.39 Å². The highest BCUT2D eigenvalue weighted by Crippen LogP contribution is 2.31. The van der Waals surface area contributed by atoms with Crippen molar-refractivity contribution in [3.63, 3.8) is 0 Å². The van der Waals surface area contributed by atoms with Crippen molar-refractivity contribution in [1.82, 2.24) is 5.32 Å². The number of methoxy groups -OCH3 is 1. The van der Waals surface area contributed by atoms with Crippen molar-refractivity contribution in [3.05, 3.63) is 59.4 Å². The van der Waals surface area contributed by atoms with Gasteiger partial charge in [-0.3, -0.25) is 0 Å². The normalized spacial score (nSPS) is 12.2. The lowest BCUT2D eigenvalue weighted by molar-refractivity contribution is 0.411. The summed E-state index contributed by atoms with van der Waals surface area (Å²) < 4.78 is 19.1. The second kappa shape index (κ2) is 7.48. The molecular weight excluding hydrogens is 285 g/mol. The average molecular weight is 305 g/mol. The van der Waals surface area contributed by atoms with E-state index in [1.807, 2.05) is 19.2 Å². The Hall–Kier alpha value is -1.52. The van der Waals surface area contributed by atoms with E-state index in [4.69, 9.17) is 4.74 Å². The van der Waals surface area contributed by atoms with Gasteiger partial charge in [-0.2, -0.15) is 0 Å². The number of ether oxygens (including phenoxy) is 1. The smallest absolute Gasteiger partial charge is 0.136 e. The van der Waals surface area contributed by atoms with E-state index < -0.39 is 0 Å². The molecule has 2 nitrogen and oxygen atoms in total. The molecule has 0 aliphatic heterocycles. The van der Waals surface area contributed by atoms with Crippen LogP contribution in [-0.2, 0) is 5.75 Å². The molecule has 0 aromatic heterocycles. The fraction of sp³-hybridized carbons (Fsp3) is 0.294. The van der Waals surface area contributed by atoms with Gasteiger partial charge in [0, 0.05) is 22.3 Å². The van der Waals surface area contributed by atoms with Crippen LogP contribution in [0.4, 0.5) is 4.39 Å². The number of nitrogens with one attached hydrogen (secondary N) is 1. The van der Waals surface area contributed by atoms with Crippen LogP contribution in [0, 0.1) is 5.82 Å². The maximum atomic E-state index is 13.7. The van der Waals surface area contributed by atoms with Crippen molar-refractivity contribution in [3.8, 4) is 5.75 Å². The molecule has 2 aromatic carbocycles. The highest BCUT2D eigenvalue weighted by molar-refractivity contribution is 7.98. The molecule has 0 radical (unpaired) electrons. The molecule has 0 saturated carbocycles. The second-order valence-electron chi connectivity index (χ2n) is 4.80. The summed E-state index contributed by atoms with van der Waals surface area (Å²) >= 11 is 1.48. The third-order valence-corrected chi connectivity index (χ3v) is 4.55. The van der Waals surface area contributed by atoms with Gasteiger partial charge in [-0.15, -0.1) is 11.8 Å². The van der Waals surface area contributed by atoms with Crippen LogP contribution in [-0.4, -0.2) is 14.2 Å². The van der Waals surface area contributed by atoms with Crippen LogP contribution in [0.1, 0.15) is 24.1 Å². The van der Waals surface area contributed by atoms with Gasteiger partial charge >= 0.3 is 0 Å². The zero-order valence-corrected chi connectivity index (χ0v) is 13.3. The SMILES string of the molecule is CNC(C)c1ccc(OC)c(CSc2ccccc2F)c1. The number of halogens is 1. The fourth-order valence-electron chi connectivity index (χ4n) is 2.06. The molecule has 1 N–H and O–H groups in total. The molecule has 0 heterocycles. The Balaban J connectivity index is 2.19. The molecule has 0 aliphatic rings. The lowest BCUT2D eigenvalue weighted by atomic mass is 10.1. The number of hydrogen-bond donors (Lipinski definition) is 1. The molecule has 0 aliphatic carbocycles. The Morgan fingerprint density at radius 3 is 2.67 bits per heavy atom. The number of thioether (sulfide) groups is 1. The third-order valence-electron chi connectivity index (χ3n) is 3.46. The standard InChI is InChI=1S/C17H20FNOS/c1-12(19-2)13-8-9-16(20-3)14(10-13)11-21-17-7-5-4-6-15(17)18/h4-10,12,19H,11H2,1-3H3. The van der Waals surface area contributed by atoms with E-state index >= 15 is 0 Å². The van der Waals surface area contributed by atoms with E-state index in [9.17, 15) is 4.39 Å². The third kappa shape index (κ3) is 3.99. The Bertz CT molecular complexity index is 603. The second-order valence-corrected chi connectivity index (χ2v) is 5.82. The predicted molar refractivity (Wildman–Crippen MR) is 86.4 cm³/mol. The first kappa shape index (κ1) is 15.9. The summed E-state index contributed by atoms with van der Waals surface area (Å²) in [5, 5.41) is 3.22. The van der Waals surface area contributed by atoms with Gasteiger partial charge in [-0.05, 0) is 43.8 Å². The summed E-state index contributed by atoms with van der Waals surface area (Å²) in [6.07, 6.45) is 0. The molecule has 0 spiro atoms. The Kier molecular flexibility index (Phi) is 5.65. The maximum Gasteiger partial charge on any atom is 0.136 e. The molecule has 0 fully saturated rings. The van der Waals surface area contributed by atoms with Crippen molar-refractivity contribution in [2.24, 2.45) is 0 Å². The lowest BCUT2D eigenvalue weighted by Gasteiger charge is -2.15. The Morgan fingerprint density at radius 1 is 1.24 bits per heavy atom. The largest absolute Gasteiger partial charge is 0.496 e. The monoisotopic (exact) mass is 305 g/mol. The summed E-state index contributed by atoms with van der Waals surface area (Å²) in [7, 11) is 3.59. The minimum absolute atomic E-state index is 0.179. The van der Waals surface area contributed by atoms with Crippen LogP contribution in [0.2, 0.25) is 0 Å². The summed E-state index contributed by atoms with van der Waals surface area (Å²) in [4.78, 5) is 0.659. The summed E-state index contributed by atoms with van der Waals surface area (Å²) in [5.74, 6) is 1.33. The van der Waals surface area contributed by atoms with E-state index in [1.54, 1.807) is 19.2 Å². The quantitative estimate of drug-likeness (QED) is 0.799. The van der Waals surface area contributed by atoms with Crippen molar-refractivity contribution in [1.29, 1.82) is 0 Å². The van der Waals surface area contributed by atoms with Gasteiger partial charge in [0.15, 0.2) is 0 Å². The molecule has 0 bridgehead atoms. The first-order valence-electron chi connectivity index (χ1n) is 6.87. The van der Waals surface area contributed by atoms with E-state index in [0.29, 0.717) is 10.6 Å². The number of hydrogen-bond acceptors (Lipinski definition) is 3. The highest BCUT2D eigenvalue weighted by atomic mass is 32.2. The topological polar surface area (TPSA) is 21.3 Å². The molecule has 1 unspecified atom stereocenters. The van der Waals surface area contributed by atoms with Crippen molar-refractivity contribution >= 4 is 11.8 Å². The van der Waals surface area contributed by atoms with Gasteiger partial charge in [0.1, 0.15) is 11.6 Å². The van der Waals surface area contributed by atoms with E-state index in [1.165, 1.54) is 23.4 Å². The molecule has 112 valence electrons. The molecule has 0 saturated heterocycles. The minimum atomic E-state index is -0.179. The lowest BCUT2D eigenvalue weighted by Crippen LogP contribution is -2.12. The van der Waals surface area contributed by atoms with Crippen molar-refractivity contribution in [2.75, 3.05) is 14.2 Å². The van der Waals surface area contributed by atoms with Crippen molar-refractivity contribution in [2.45, 2.75) is 23.6 Å². The van der Waals surface area contributed by atoms with Crippen LogP contribution in [0.5, 0.6) is 5.75 Å². The van der Waals surface area contributed by atoms with Gasteiger partial charge in [0.25, 0.3) is 0 Å². The molecule has 0 amide bonds. The minimum Gasteiger partial charge on any atom is -0.496 e. The Morgan fingerprint density at radius 2 is 2.00 bits per heavy atom. The molecular formula is C17H20FNOS. The van der Waals surface area contributed by atoms with Gasteiger partial charge in [0.2, 0.25) is 0 Å². The fourth-order valence-corrected chi connectivity index (χ4v) is 2.98. The van der Waals surface area contributed by atoms with Crippen LogP contribution in [0.3, 0.4) is 0 Å². The molecule has 2 rings (SSSR count). The van der Waals surface area contributed by atoms with Crippen LogP contribution < -0.4 is 10.1 Å². The first-order valence-corrected chi connectivity index (χ1v) is 7.85. The molecule has 21 heavy (non-hydrogen) atoms.